The van der Waals surface area contributed by atoms with Crippen LogP contribution in [0.3, 0.4) is 0 Å². The zero-order valence-corrected chi connectivity index (χ0v) is 19.6. The molecule has 8 heteroatoms. The third-order valence-corrected chi connectivity index (χ3v) is 5.42. The maximum Gasteiger partial charge on any atom is 0.224 e. The van der Waals surface area contributed by atoms with Crippen molar-refractivity contribution in [3.05, 3.63) is 94.1 Å². The number of allylic oxidation sites excluding steroid dienone is 6. The molecule has 0 atom stereocenters. The number of nitroso groups, excluding NO2 is 1. The molecule has 1 amide bonds. The molecule has 8 nitrogen and oxygen atoms in total. The largest absolute Gasteiger partial charge is 0.354 e. The molecule has 3 aromatic rings. The Morgan fingerprint density at radius 1 is 1.14 bits per heavy atom. The molecule has 4 N–H and O–H groups in total. The van der Waals surface area contributed by atoms with Crippen LogP contribution in [0, 0.1) is 4.91 Å². The van der Waals surface area contributed by atoms with E-state index in [0.717, 1.165) is 23.1 Å². The molecule has 1 aromatic heterocycles. The van der Waals surface area contributed by atoms with Crippen LogP contribution in [0.4, 0.5) is 11.4 Å². The van der Waals surface area contributed by atoms with Crippen LogP contribution in [0.25, 0.3) is 16.5 Å². The fourth-order valence-electron chi connectivity index (χ4n) is 3.73. The van der Waals surface area contributed by atoms with Gasteiger partial charge in [0.2, 0.25) is 5.91 Å². The minimum atomic E-state index is -0.195. The Bertz CT molecular complexity index is 1350. The number of H-pyrrole nitrogens is 1. The van der Waals surface area contributed by atoms with E-state index < -0.39 is 0 Å². The summed E-state index contributed by atoms with van der Waals surface area (Å²) in [5, 5.41) is 10.1. The number of rotatable bonds is 10. The van der Waals surface area contributed by atoms with Gasteiger partial charge in [-0.2, -0.15) is 5.10 Å². The van der Waals surface area contributed by atoms with E-state index in [-0.39, 0.29) is 12.3 Å². The van der Waals surface area contributed by atoms with Crippen molar-refractivity contribution < 1.29 is 9.59 Å². The Balaban J connectivity index is 1.88. The number of hydrogen-bond donors (Lipinski definition) is 3. The van der Waals surface area contributed by atoms with Crippen molar-refractivity contribution in [1.82, 2.24) is 4.98 Å². The molecule has 2 aromatic carbocycles. The van der Waals surface area contributed by atoms with Gasteiger partial charge in [-0.15, -0.1) is 4.91 Å². The van der Waals surface area contributed by atoms with E-state index >= 15 is 0 Å². The predicted octanol–water partition coefficient (Wildman–Crippen LogP) is 5.78. The lowest BCUT2D eigenvalue weighted by Crippen LogP contribution is -2.12. The van der Waals surface area contributed by atoms with Crippen LogP contribution in [-0.2, 0) is 11.2 Å². The molecule has 3 rings (SSSR count). The van der Waals surface area contributed by atoms with Gasteiger partial charge < -0.3 is 16.1 Å². The number of aryl methyl sites for hydroxylation is 1. The second-order valence-electron chi connectivity index (χ2n) is 7.86. The lowest BCUT2D eigenvalue weighted by molar-refractivity contribution is -0.116. The van der Waals surface area contributed by atoms with E-state index in [0.29, 0.717) is 39.8 Å². The Morgan fingerprint density at radius 2 is 1.91 bits per heavy atom. The highest BCUT2D eigenvalue weighted by Crippen LogP contribution is 2.31. The first-order chi connectivity index (χ1) is 17.0. The third kappa shape index (κ3) is 6.26. The number of nitrogens with two attached hydrogens (primary N) is 1. The molecule has 0 aliphatic heterocycles. The Labute approximate surface area is 203 Å². The highest BCUT2D eigenvalue weighted by atomic mass is 16.3. The number of aromatic nitrogens is 1. The van der Waals surface area contributed by atoms with Crippen molar-refractivity contribution in [2.24, 2.45) is 16.1 Å². The van der Waals surface area contributed by atoms with Crippen LogP contribution in [0.2, 0.25) is 0 Å². The zero-order valence-electron chi connectivity index (χ0n) is 19.6. The van der Waals surface area contributed by atoms with Crippen LogP contribution in [0.5, 0.6) is 0 Å². The number of nitrogens with zero attached hydrogens (tertiary/aromatic N) is 2. The summed E-state index contributed by atoms with van der Waals surface area (Å²) in [6.45, 7) is 3.88. The van der Waals surface area contributed by atoms with Gasteiger partial charge in [0.15, 0.2) is 6.29 Å². The number of aldehydes is 1. The number of carbonyl (C=O) groups is 2. The number of amides is 1. The van der Waals surface area contributed by atoms with E-state index in [9.17, 15) is 14.5 Å². The average Bonchev–Trinajstić information content (AvgIpc) is 3.23. The minimum Gasteiger partial charge on any atom is -0.354 e. The van der Waals surface area contributed by atoms with Gasteiger partial charge in [0.25, 0.3) is 0 Å². The first-order valence-corrected chi connectivity index (χ1v) is 11.1. The van der Waals surface area contributed by atoms with Crippen molar-refractivity contribution in [2.75, 3.05) is 5.32 Å². The minimum absolute atomic E-state index is 0.195. The monoisotopic (exact) mass is 469 g/mol. The van der Waals surface area contributed by atoms with E-state index in [1.54, 1.807) is 36.4 Å². The molecule has 178 valence electrons. The molecule has 0 spiro atoms. The van der Waals surface area contributed by atoms with E-state index in [1.165, 1.54) is 6.21 Å². The molecule has 0 aliphatic rings. The summed E-state index contributed by atoms with van der Waals surface area (Å²) in [6.07, 6.45) is 12.6. The van der Waals surface area contributed by atoms with Crippen molar-refractivity contribution in [2.45, 2.75) is 26.7 Å². The molecule has 0 radical (unpaired) electrons. The second kappa shape index (κ2) is 12.0. The van der Waals surface area contributed by atoms with Gasteiger partial charge in [0, 0.05) is 34.1 Å². The maximum atomic E-state index is 12.6. The van der Waals surface area contributed by atoms with Crippen LogP contribution >= 0.6 is 0 Å². The third-order valence-electron chi connectivity index (χ3n) is 5.42. The van der Waals surface area contributed by atoms with Gasteiger partial charge in [-0.3, -0.25) is 9.59 Å². The van der Waals surface area contributed by atoms with Crippen molar-refractivity contribution >= 4 is 46.3 Å². The first-order valence-electron chi connectivity index (χ1n) is 11.1. The van der Waals surface area contributed by atoms with Gasteiger partial charge in [-0.1, -0.05) is 42.5 Å². The Hall–Kier alpha value is -4.59. The molecule has 0 aliphatic carbocycles. The smallest absolute Gasteiger partial charge is 0.224 e. The Morgan fingerprint density at radius 3 is 2.57 bits per heavy atom. The SMILES string of the molecule is C\C=C/C=C\C=C(/C)c1[nH]c2cc(NC(=O)CCc3ccc(N=O)cc3)cc(C=O)c2c1/C=N\N. The van der Waals surface area contributed by atoms with Crippen molar-refractivity contribution in [3.63, 3.8) is 0 Å². The number of hydrazone groups is 1. The van der Waals surface area contributed by atoms with E-state index in [4.69, 9.17) is 5.84 Å². The summed E-state index contributed by atoms with van der Waals surface area (Å²) in [7, 11) is 0. The fourth-order valence-corrected chi connectivity index (χ4v) is 3.73. The summed E-state index contributed by atoms with van der Waals surface area (Å²) >= 11 is 0. The highest BCUT2D eigenvalue weighted by molar-refractivity contribution is 6.12. The molecule has 35 heavy (non-hydrogen) atoms. The molecular formula is C27H27N5O3. The summed E-state index contributed by atoms with van der Waals surface area (Å²) in [5.74, 6) is 5.26. The van der Waals surface area contributed by atoms with Gasteiger partial charge in [-0.05, 0) is 60.8 Å². The molecule has 0 saturated heterocycles. The lowest BCUT2D eigenvalue weighted by atomic mass is 10.0. The first kappa shape index (κ1) is 25.0. The van der Waals surface area contributed by atoms with Crippen LogP contribution < -0.4 is 11.2 Å². The quantitative estimate of drug-likeness (QED) is 0.0868. The number of nitrogens with one attached hydrogen (secondary N) is 2. The molecule has 0 bridgehead atoms. The summed E-state index contributed by atoms with van der Waals surface area (Å²) in [4.78, 5) is 38.4. The number of aromatic amines is 1. The fraction of sp³-hybridized carbons (Fsp3) is 0.148. The number of fused-ring (bicyclic) bond motifs is 1. The highest BCUT2D eigenvalue weighted by Gasteiger charge is 2.16. The van der Waals surface area contributed by atoms with Gasteiger partial charge in [0.05, 0.1) is 11.9 Å². The van der Waals surface area contributed by atoms with Gasteiger partial charge >= 0.3 is 0 Å². The van der Waals surface area contributed by atoms with Crippen LogP contribution in [0.1, 0.15) is 47.4 Å². The van der Waals surface area contributed by atoms with Gasteiger partial charge in [0.1, 0.15) is 5.69 Å². The summed E-state index contributed by atoms with van der Waals surface area (Å²) in [5.41, 5.74) is 5.25. The number of benzene rings is 2. The summed E-state index contributed by atoms with van der Waals surface area (Å²) in [6, 6.07) is 10.2. The molecule has 0 unspecified atom stereocenters. The topological polar surface area (TPSA) is 130 Å². The van der Waals surface area contributed by atoms with Crippen molar-refractivity contribution in [3.8, 4) is 0 Å². The molecule has 0 saturated carbocycles. The maximum absolute atomic E-state index is 12.6. The number of anilines is 1. The molecular weight excluding hydrogens is 442 g/mol. The normalized spacial score (nSPS) is 12.2. The lowest BCUT2D eigenvalue weighted by Gasteiger charge is -2.08. The Kier molecular flexibility index (Phi) is 8.61. The predicted molar refractivity (Wildman–Crippen MR) is 142 cm³/mol. The van der Waals surface area contributed by atoms with Crippen LogP contribution in [-0.4, -0.2) is 23.4 Å². The number of hydrogen-bond acceptors (Lipinski definition) is 6. The molecule has 0 fully saturated rings. The average molecular weight is 470 g/mol. The van der Waals surface area contributed by atoms with Gasteiger partial charge in [-0.25, -0.2) is 0 Å². The van der Waals surface area contributed by atoms with Crippen molar-refractivity contribution in [1.29, 1.82) is 0 Å². The number of carbonyl (C=O) groups excluding carboxylic acids is 2. The summed E-state index contributed by atoms with van der Waals surface area (Å²) < 4.78 is 0. The second-order valence-corrected chi connectivity index (χ2v) is 7.86. The van der Waals surface area contributed by atoms with E-state index in [1.807, 2.05) is 44.2 Å². The standard InChI is InChI=1S/C27H27N5O3/c1-3-4-5-6-7-18(2)27-23(16-29-28)26-20(17-33)14-22(15-24(26)31-27)30-25(34)13-10-19-8-11-21(32-35)12-9-19/h3-9,11-12,14-17,31H,10,13,28H2,1-2H3,(H,30,34)/b4-3-,6-5-,18-7+,29-16-. The van der Waals surface area contributed by atoms with E-state index in [2.05, 4.69) is 20.6 Å². The molecule has 1 heterocycles. The van der Waals surface area contributed by atoms with Crippen LogP contribution in [0.15, 0.2) is 77.1 Å². The zero-order chi connectivity index (χ0) is 25.2.